The van der Waals surface area contributed by atoms with Crippen LogP contribution in [-0.2, 0) is 4.74 Å². The quantitative estimate of drug-likeness (QED) is 0.758. The van der Waals surface area contributed by atoms with Gasteiger partial charge >= 0.3 is 6.09 Å². The lowest BCUT2D eigenvalue weighted by Crippen LogP contribution is -2.40. The van der Waals surface area contributed by atoms with Crippen LogP contribution in [-0.4, -0.2) is 34.7 Å². The van der Waals surface area contributed by atoms with Crippen molar-refractivity contribution in [3.8, 4) is 0 Å². The van der Waals surface area contributed by atoms with Gasteiger partial charge in [0.2, 0.25) is 0 Å². The number of rotatable bonds is 1. The minimum Gasteiger partial charge on any atom is -0.444 e. The standard InChI is InChI=1S/C16H21BrN2O2/c1-16(2,3)21-15(20)19-8-6-12(7-9-19)10-14-5-4-13(17)11-18-14/h4-5,10-11H,6-9H2,1-3H3. The molecule has 1 saturated heterocycles. The molecule has 114 valence electrons. The van der Waals surface area contributed by atoms with Gasteiger partial charge < -0.3 is 9.64 Å². The van der Waals surface area contributed by atoms with Crippen LogP contribution in [0.15, 0.2) is 28.4 Å². The van der Waals surface area contributed by atoms with Crippen LogP contribution in [0.25, 0.3) is 6.08 Å². The Kier molecular flexibility index (Phi) is 5.04. The SMILES string of the molecule is CC(C)(C)OC(=O)N1CCC(=Cc2ccc(Br)cn2)CC1. The number of ether oxygens (including phenoxy) is 1. The average Bonchev–Trinajstić information content (AvgIpc) is 2.40. The predicted octanol–water partition coefficient (Wildman–Crippen LogP) is 4.26. The second kappa shape index (κ2) is 6.60. The first kappa shape index (κ1) is 16.0. The van der Waals surface area contributed by atoms with Gasteiger partial charge in [0.05, 0.1) is 5.69 Å². The monoisotopic (exact) mass is 352 g/mol. The van der Waals surface area contributed by atoms with Gasteiger partial charge in [0, 0.05) is 23.8 Å². The van der Waals surface area contributed by atoms with Crippen molar-refractivity contribution in [3.63, 3.8) is 0 Å². The van der Waals surface area contributed by atoms with Crippen molar-refractivity contribution in [2.75, 3.05) is 13.1 Å². The van der Waals surface area contributed by atoms with E-state index in [1.807, 2.05) is 32.9 Å². The zero-order valence-corrected chi connectivity index (χ0v) is 14.3. The number of piperidine rings is 1. The van der Waals surface area contributed by atoms with Crippen LogP contribution in [0.1, 0.15) is 39.3 Å². The molecular formula is C16H21BrN2O2. The molecule has 1 aromatic rings. The zero-order chi connectivity index (χ0) is 15.5. The van der Waals surface area contributed by atoms with Crippen molar-refractivity contribution >= 4 is 28.1 Å². The van der Waals surface area contributed by atoms with E-state index in [2.05, 4.69) is 27.0 Å². The Hall–Kier alpha value is -1.36. The van der Waals surface area contributed by atoms with Crippen LogP contribution in [0.4, 0.5) is 4.79 Å². The summed E-state index contributed by atoms with van der Waals surface area (Å²) in [7, 11) is 0. The first-order valence-corrected chi connectivity index (χ1v) is 7.92. The molecule has 2 rings (SSSR count). The van der Waals surface area contributed by atoms with Crippen LogP contribution in [0.2, 0.25) is 0 Å². The molecule has 4 nitrogen and oxygen atoms in total. The highest BCUT2D eigenvalue weighted by Crippen LogP contribution is 2.21. The molecule has 0 spiro atoms. The fourth-order valence-electron chi connectivity index (χ4n) is 2.13. The summed E-state index contributed by atoms with van der Waals surface area (Å²) in [6.07, 6.45) is 5.43. The van der Waals surface area contributed by atoms with Gasteiger partial charge in [-0.05, 0) is 67.8 Å². The van der Waals surface area contributed by atoms with E-state index in [1.54, 1.807) is 11.1 Å². The molecule has 0 N–H and O–H groups in total. The van der Waals surface area contributed by atoms with E-state index in [-0.39, 0.29) is 6.09 Å². The molecule has 1 aliphatic heterocycles. The third-order valence-electron chi connectivity index (χ3n) is 3.16. The third kappa shape index (κ3) is 5.16. The first-order chi connectivity index (χ1) is 9.83. The molecule has 0 aliphatic carbocycles. The smallest absolute Gasteiger partial charge is 0.410 e. The number of amides is 1. The Bertz CT molecular complexity index is 522. The van der Waals surface area contributed by atoms with Gasteiger partial charge in [-0.1, -0.05) is 5.57 Å². The summed E-state index contributed by atoms with van der Waals surface area (Å²) in [5.41, 5.74) is 1.85. The van der Waals surface area contributed by atoms with Crippen molar-refractivity contribution in [2.45, 2.75) is 39.2 Å². The van der Waals surface area contributed by atoms with E-state index < -0.39 is 5.60 Å². The Balaban J connectivity index is 1.91. The highest BCUT2D eigenvalue weighted by atomic mass is 79.9. The Morgan fingerprint density at radius 1 is 1.33 bits per heavy atom. The van der Waals surface area contributed by atoms with Crippen molar-refractivity contribution in [2.24, 2.45) is 0 Å². The lowest BCUT2D eigenvalue weighted by atomic mass is 10.0. The van der Waals surface area contributed by atoms with Gasteiger partial charge in [-0.2, -0.15) is 0 Å². The van der Waals surface area contributed by atoms with Gasteiger partial charge in [0.15, 0.2) is 0 Å². The second-order valence-corrected chi connectivity index (χ2v) is 7.09. The number of halogens is 1. The van der Waals surface area contributed by atoms with Gasteiger partial charge in [0.25, 0.3) is 0 Å². The molecule has 0 radical (unpaired) electrons. The molecule has 5 heteroatoms. The van der Waals surface area contributed by atoms with Crippen molar-refractivity contribution in [3.05, 3.63) is 34.1 Å². The molecule has 0 saturated carbocycles. The predicted molar refractivity (Wildman–Crippen MR) is 87.0 cm³/mol. The normalized spacial score (nSPS) is 15.8. The summed E-state index contributed by atoms with van der Waals surface area (Å²) in [6, 6.07) is 3.96. The Labute approximate surface area is 134 Å². The molecule has 0 atom stereocenters. The summed E-state index contributed by atoms with van der Waals surface area (Å²) in [4.78, 5) is 18.1. The summed E-state index contributed by atoms with van der Waals surface area (Å²) < 4.78 is 6.37. The van der Waals surface area contributed by atoms with E-state index in [1.165, 1.54) is 5.57 Å². The maximum atomic E-state index is 12.0. The fraction of sp³-hybridized carbons (Fsp3) is 0.500. The summed E-state index contributed by atoms with van der Waals surface area (Å²) >= 11 is 3.38. The number of likely N-dealkylation sites (tertiary alicyclic amines) is 1. The van der Waals surface area contributed by atoms with Crippen molar-refractivity contribution < 1.29 is 9.53 Å². The maximum Gasteiger partial charge on any atom is 0.410 e. The van der Waals surface area contributed by atoms with Gasteiger partial charge in [-0.15, -0.1) is 0 Å². The van der Waals surface area contributed by atoms with Crippen LogP contribution in [0.3, 0.4) is 0 Å². The number of hydrogen-bond acceptors (Lipinski definition) is 3. The van der Waals surface area contributed by atoms with Crippen molar-refractivity contribution in [1.29, 1.82) is 0 Å². The molecule has 0 aromatic carbocycles. The molecule has 0 unspecified atom stereocenters. The summed E-state index contributed by atoms with van der Waals surface area (Å²) in [5, 5.41) is 0. The van der Waals surface area contributed by atoms with Crippen LogP contribution in [0, 0.1) is 0 Å². The fourth-order valence-corrected chi connectivity index (χ4v) is 2.36. The topological polar surface area (TPSA) is 42.4 Å². The van der Waals surface area contributed by atoms with E-state index >= 15 is 0 Å². The highest BCUT2D eigenvalue weighted by Gasteiger charge is 2.24. The van der Waals surface area contributed by atoms with E-state index in [0.29, 0.717) is 13.1 Å². The van der Waals surface area contributed by atoms with Gasteiger partial charge in [-0.3, -0.25) is 4.98 Å². The lowest BCUT2D eigenvalue weighted by Gasteiger charge is -2.31. The van der Waals surface area contributed by atoms with E-state index in [9.17, 15) is 4.79 Å². The number of pyridine rings is 1. The highest BCUT2D eigenvalue weighted by molar-refractivity contribution is 9.10. The number of aromatic nitrogens is 1. The molecule has 21 heavy (non-hydrogen) atoms. The van der Waals surface area contributed by atoms with E-state index in [4.69, 9.17) is 4.74 Å². The maximum absolute atomic E-state index is 12.0. The molecule has 2 heterocycles. The number of carbonyl (C=O) groups is 1. The summed E-state index contributed by atoms with van der Waals surface area (Å²) in [5.74, 6) is 0. The number of nitrogens with zero attached hydrogens (tertiary/aromatic N) is 2. The molecule has 1 aromatic heterocycles. The molecule has 1 aliphatic rings. The molecule has 0 bridgehead atoms. The molecule has 1 fully saturated rings. The molecular weight excluding hydrogens is 332 g/mol. The lowest BCUT2D eigenvalue weighted by molar-refractivity contribution is 0.0237. The molecule has 1 amide bonds. The van der Waals surface area contributed by atoms with Crippen LogP contribution < -0.4 is 0 Å². The van der Waals surface area contributed by atoms with Crippen LogP contribution >= 0.6 is 15.9 Å². The first-order valence-electron chi connectivity index (χ1n) is 7.12. The summed E-state index contributed by atoms with van der Waals surface area (Å²) in [6.45, 7) is 7.08. The number of carbonyl (C=O) groups excluding carboxylic acids is 1. The number of hydrogen-bond donors (Lipinski definition) is 0. The van der Waals surface area contributed by atoms with Crippen LogP contribution in [0.5, 0.6) is 0 Å². The van der Waals surface area contributed by atoms with Crippen molar-refractivity contribution in [1.82, 2.24) is 9.88 Å². The zero-order valence-electron chi connectivity index (χ0n) is 12.7. The Morgan fingerprint density at radius 3 is 2.52 bits per heavy atom. The minimum absolute atomic E-state index is 0.219. The minimum atomic E-state index is -0.436. The van der Waals surface area contributed by atoms with E-state index in [0.717, 1.165) is 23.0 Å². The largest absolute Gasteiger partial charge is 0.444 e. The van der Waals surface area contributed by atoms with Gasteiger partial charge in [0.1, 0.15) is 5.60 Å². The Morgan fingerprint density at radius 2 is 2.00 bits per heavy atom. The second-order valence-electron chi connectivity index (χ2n) is 6.17. The average molecular weight is 353 g/mol. The van der Waals surface area contributed by atoms with Gasteiger partial charge in [-0.25, -0.2) is 4.79 Å². The third-order valence-corrected chi connectivity index (χ3v) is 3.63.